The van der Waals surface area contributed by atoms with Crippen molar-refractivity contribution in [3.8, 4) is 0 Å². The fourth-order valence-corrected chi connectivity index (χ4v) is 3.42. The molecule has 20 heavy (non-hydrogen) atoms. The Morgan fingerprint density at radius 3 is 2.70 bits per heavy atom. The Hall–Kier alpha value is -1.02. The van der Waals surface area contributed by atoms with E-state index in [0.29, 0.717) is 0 Å². The van der Waals surface area contributed by atoms with Crippen LogP contribution in [0.2, 0.25) is 0 Å². The summed E-state index contributed by atoms with van der Waals surface area (Å²) in [5, 5.41) is 0. The normalized spacial score (nSPS) is 22.1. The average molecular weight is 301 g/mol. The van der Waals surface area contributed by atoms with Gasteiger partial charge in [-0.3, -0.25) is 4.90 Å². The Labute approximate surface area is 119 Å². The van der Waals surface area contributed by atoms with Gasteiger partial charge in [-0.1, -0.05) is 12.1 Å². The predicted octanol–water partition coefficient (Wildman–Crippen LogP) is 0.350. The number of nitrogens with zero attached hydrogens (tertiary/aromatic N) is 2. The van der Waals surface area contributed by atoms with E-state index in [-0.39, 0.29) is 17.5 Å². The number of rotatable bonds is 4. The first kappa shape index (κ1) is 15.4. The third-order valence-electron chi connectivity index (χ3n) is 3.62. The molecule has 1 N–H and O–H groups in total. The van der Waals surface area contributed by atoms with Gasteiger partial charge in [0, 0.05) is 32.2 Å². The number of hydrogen-bond donors (Lipinski definition) is 1. The molecule has 0 aliphatic carbocycles. The summed E-state index contributed by atoms with van der Waals surface area (Å²) in [6, 6.07) is 5.50. The highest BCUT2D eigenvalue weighted by atomic mass is 32.2. The largest absolute Gasteiger partial charge is 0.303 e. The Bertz CT molecular complexity index is 564. The molecule has 1 aromatic carbocycles. The number of likely N-dealkylation sites (N-methyl/N-ethyl adjacent to an activating group) is 2. The predicted molar refractivity (Wildman–Crippen MR) is 75.5 cm³/mol. The van der Waals surface area contributed by atoms with E-state index in [0.717, 1.165) is 25.7 Å². The zero-order valence-corrected chi connectivity index (χ0v) is 12.5. The average Bonchev–Trinajstić information content (AvgIpc) is 2.40. The fourth-order valence-electron chi connectivity index (χ4n) is 2.27. The van der Waals surface area contributed by atoms with E-state index in [1.165, 1.54) is 18.2 Å². The van der Waals surface area contributed by atoms with Crippen molar-refractivity contribution in [2.45, 2.75) is 10.9 Å². The standard InChI is InChI=1S/C13H20FN3O2S/c1-16-7-8-17(2)11(10-16)9-15-20(18,19)13-6-4-3-5-12(13)14/h3-6,11,15H,7-10H2,1-2H3. The summed E-state index contributed by atoms with van der Waals surface area (Å²) in [5.41, 5.74) is 0. The number of nitrogens with one attached hydrogen (secondary N) is 1. The van der Waals surface area contributed by atoms with Gasteiger partial charge in [0.05, 0.1) is 0 Å². The third-order valence-corrected chi connectivity index (χ3v) is 5.07. The van der Waals surface area contributed by atoms with Gasteiger partial charge in [-0.2, -0.15) is 0 Å². The Morgan fingerprint density at radius 1 is 1.30 bits per heavy atom. The maximum absolute atomic E-state index is 13.6. The maximum Gasteiger partial charge on any atom is 0.243 e. The minimum Gasteiger partial charge on any atom is -0.303 e. The number of sulfonamides is 1. The van der Waals surface area contributed by atoms with E-state index in [4.69, 9.17) is 0 Å². The van der Waals surface area contributed by atoms with Gasteiger partial charge in [-0.15, -0.1) is 0 Å². The summed E-state index contributed by atoms with van der Waals surface area (Å²) in [5.74, 6) is -0.728. The number of hydrogen-bond acceptors (Lipinski definition) is 4. The van der Waals surface area contributed by atoms with Crippen LogP contribution in [0.1, 0.15) is 0 Å². The molecule has 0 bridgehead atoms. The third kappa shape index (κ3) is 3.54. The van der Waals surface area contributed by atoms with Crippen molar-refractivity contribution in [1.29, 1.82) is 0 Å². The number of halogens is 1. The van der Waals surface area contributed by atoms with Gasteiger partial charge >= 0.3 is 0 Å². The second-order valence-electron chi connectivity index (χ2n) is 5.18. The van der Waals surface area contributed by atoms with Crippen molar-refractivity contribution >= 4 is 10.0 Å². The molecule has 1 saturated heterocycles. The lowest BCUT2D eigenvalue weighted by atomic mass is 10.2. The van der Waals surface area contributed by atoms with Gasteiger partial charge < -0.3 is 4.90 Å². The smallest absolute Gasteiger partial charge is 0.243 e. The first-order valence-corrected chi connectivity index (χ1v) is 8.01. The highest BCUT2D eigenvalue weighted by molar-refractivity contribution is 7.89. The van der Waals surface area contributed by atoms with Crippen LogP contribution in [-0.2, 0) is 10.0 Å². The summed E-state index contributed by atoms with van der Waals surface area (Å²) in [4.78, 5) is 3.97. The zero-order chi connectivity index (χ0) is 14.8. The molecule has 0 radical (unpaired) electrons. The van der Waals surface area contributed by atoms with Crippen molar-refractivity contribution < 1.29 is 12.8 Å². The van der Waals surface area contributed by atoms with E-state index in [1.807, 2.05) is 14.1 Å². The van der Waals surface area contributed by atoms with E-state index in [9.17, 15) is 12.8 Å². The molecule has 0 aromatic heterocycles. The SMILES string of the molecule is CN1CCN(C)C(CNS(=O)(=O)c2ccccc2F)C1. The molecular weight excluding hydrogens is 281 g/mol. The number of benzene rings is 1. The first-order valence-electron chi connectivity index (χ1n) is 6.53. The van der Waals surface area contributed by atoms with Gasteiger partial charge in [0.1, 0.15) is 10.7 Å². The monoisotopic (exact) mass is 301 g/mol. The van der Waals surface area contributed by atoms with Crippen LogP contribution in [0, 0.1) is 5.82 Å². The zero-order valence-electron chi connectivity index (χ0n) is 11.7. The summed E-state index contributed by atoms with van der Waals surface area (Å²) in [6.07, 6.45) is 0. The highest BCUT2D eigenvalue weighted by Gasteiger charge is 2.25. The van der Waals surface area contributed by atoms with Crippen molar-refractivity contribution in [2.24, 2.45) is 0 Å². The number of piperazine rings is 1. The molecule has 7 heteroatoms. The second kappa shape index (κ2) is 6.17. The second-order valence-corrected chi connectivity index (χ2v) is 6.91. The van der Waals surface area contributed by atoms with Crippen molar-refractivity contribution in [2.75, 3.05) is 40.3 Å². The van der Waals surface area contributed by atoms with Crippen LogP contribution >= 0.6 is 0 Å². The quantitative estimate of drug-likeness (QED) is 0.872. The van der Waals surface area contributed by atoms with Crippen LogP contribution in [-0.4, -0.2) is 64.5 Å². The molecule has 1 aliphatic heterocycles. The van der Waals surface area contributed by atoms with Crippen LogP contribution in [0.3, 0.4) is 0 Å². The molecule has 1 fully saturated rings. The topological polar surface area (TPSA) is 52.6 Å². The molecule has 5 nitrogen and oxygen atoms in total. The van der Waals surface area contributed by atoms with Crippen LogP contribution in [0.15, 0.2) is 29.2 Å². The Kier molecular flexibility index (Phi) is 4.74. The fraction of sp³-hybridized carbons (Fsp3) is 0.538. The van der Waals surface area contributed by atoms with Gasteiger partial charge in [0.25, 0.3) is 0 Å². The summed E-state index contributed by atoms with van der Waals surface area (Å²) in [6.45, 7) is 2.92. The Balaban J connectivity index is 2.04. The van der Waals surface area contributed by atoms with E-state index in [1.54, 1.807) is 0 Å². The van der Waals surface area contributed by atoms with Crippen LogP contribution < -0.4 is 4.72 Å². The summed E-state index contributed by atoms with van der Waals surface area (Å²) in [7, 11) is 0.171. The molecule has 112 valence electrons. The molecule has 2 rings (SSSR count). The Morgan fingerprint density at radius 2 is 2.00 bits per heavy atom. The summed E-state index contributed by atoms with van der Waals surface area (Å²) < 4.78 is 40.3. The van der Waals surface area contributed by atoms with Crippen molar-refractivity contribution in [3.63, 3.8) is 0 Å². The van der Waals surface area contributed by atoms with Crippen LogP contribution in [0.4, 0.5) is 4.39 Å². The molecule has 1 aliphatic rings. The van der Waals surface area contributed by atoms with Crippen molar-refractivity contribution in [1.82, 2.24) is 14.5 Å². The maximum atomic E-state index is 13.6. The highest BCUT2D eigenvalue weighted by Crippen LogP contribution is 2.13. The van der Waals surface area contributed by atoms with Crippen LogP contribution in [0.5, 0.6) is 0 Å². The van der Waals surface area contributed by atoms with Gasteiger partial charge in [-0.25, -0.2) is 17.5 Å². The van der Waals surface area contributed by atoms with Gasteiger partial charge in [0.2, 0.25) is 10.0 Å². The van der Waals surface area contributed by atoms with E-state index in [2.05, 4.69) is 14.5 Å². The minimum absolute atomic E-state index is 0.0929. The summed E-state index contributed by atoms with van der Waals surface area (Å²) >= 11 is 0. The lowest BCUT2D eigenvalue weighted by Gasteiger charge is -2.37. The first-order chi connectivity index (χ1) is 9.40. The van der Waals surface area contributed by atoms with Gasteiger partial charge in [-0.05, 0) is 26.2 Å². The molecule has 0 spiro atoms. The minimum atomic E-state index is -3.80. The molecule has 1 aromatic rings. The molecule has 1 atom stereocenters. The molecule has 0 saturated carbocycles. The molecule has 1 unspecified atom stereocenters. The van der Waals surface area contributed by atoms with Crippen molar-refractivity contribution in [3.05, 3.63) is 30.1 Å². The van der Waals surface area contributed by atoms with E-state index >= 15 is 0 Å². The molecular formula is C13H20FN3O2S. The lowest BCUT2D eigenvalue weighted by molar-refractivity contribution is 0.117. The van der Waals surface area contributed by atoms with E-state index < -0.39 is 15.8 Å². The molecule has 0 amide bonds. The van der Waals surface area contributed by atoms with Gasteiger partial charge in [0.15, 0.2) is 0 Å². The lowest BCUT2D eigenvalue weighted by Crippen LogP contribution is -2.54. The molecule has 1 heterocycles. The van der Waals surface area contributed by atoms with Crippen LogP contribution in [0.25, 0.3) is 0 Å².